The zero-order valence-corrected chi connectivity index (χ0v) is 12.3. The number of hydrogen-bond donors (Lipinski definition) is 1. The van der Waals surface area contributed by atoms with Crippen LogP contribution in [0.4, 0.5) is 5.82 Å². The molecule has 0 aliphatic heterocycles. The van der Waals surface area contributed by atoms with Crippen molar-refractivity contribution in [2.45, 2.75) is 51.9 Å². The van der Waals surface area contributed by atoms with E-state index in [1.807, 2.05) is 4.90 Å². The lowest BCUT2D eigenvalue weighted by molar-refractivity contribution is -0.120. The smallest absolute Gasteiger partial charge is 0.231 e. The van der Waals surface area contributed by atoms with Gasteiger partial charge in [0.15, 0.2) is 0 Å². The van der Waals surface area contributed by atoms with E-state index in [2.05, 4.69) is 16.9 Å². The van der Waals surface area contributed by atoms with Crippen LogP contribution in [0.25, 0.3) is 0 Å². The topological polar surface area (TPSA) is 49.0 Å². The van der Waals surface area contributed by atoms with Gasteiger partial charge >= 0.3 is 0 Å². The molecule has 1 N–H and O–H groups in total. The minimum atomic E-state index is 0.261. The lowest BCUT2D eigenvalue weighted by Gasteiger charge is -2.32. The number of imidazole rings is 1. The fraction of sp³-hybridized carbons (Fsp3) is 0.750. The van der Waals surface area contributed by atoms with Crippen molar-refractivity contribution in [3.05, 3.63) is 12.5 Å². The minimum absolute atomic E-state index is 0.261. The van der Waals surface area contributed by atoms with Gasteiger partial charge in [-0.15, -0.1) is 0 Å². The van der Waals surface area contributed by atoms with E-state index in [4.69, 9.17) is 0 Å². The van der Waals surface area contributed by atoms with Crippen molar-refractivity contribution >= 4 is 11.7 Å². The molecule has 1 atom stereocenters. The summed E-state index contributed by atoms with van der Waals surface area (Å²) in [5.74, 6) is 2.76. The summed E-state index contributed by atoms with van der Waals surface area (Å²) >= 11 is 0. The molecule has 0 saturated heterocycles. The summed E-state index contributed by atoms with van der Waals surface area (Å²) in [6, 6.07) is 0. The van der Waals surface area contributed by atoms with Crippen LogP contribution in [0.5, 0.6) is 0 Å². The monoisotopic (exact) mass is 275 g/mol. The molecule has 0 radical (unpaired) electrons. The van der Waals surface area contributed by atoms with Gasteiger partial charge < -0.3 is 4.98 Å². The average molecular weight is 275 g/mol. The molecule has 2 aliphatic rings. The van der Waals surface area contributed by atoms with Crippen molar-refractivity contribution < 1.29 is 4.79 Å². The Kier molecular flexibility index (Phi) is 4.08. The van der Waals surface area contributed by atoms with Crippen molar-refractivity contribution in [1.82, 2.24) is 9.97 Å². The maximum Gasteiger partial charge on any atom is 0.231 e. The van der Waals surface area contributed by atoms with E-state index in [0.717, 1.165) is 31.1 Å². The quantitative estimate of drug-likeness (QED) is 0.895. The highest BCUT2D eigenvalue weighted by Crippen LogP contribution is 2.35. The molecular weight excluding hydrogens is 250 g/mol. The zero-order valence-electron chi connectivity index (χ0n) is 12.3. The molecule has 4 heteroatoms. The Labute approximate surface area is 121 Å². The Hall–Kier alpha value is -1.32. The minimum Gasteiger partial charge on any atom is -0.331 e. The van der Waals surface area contributed by atoms with Gasteiger partial charge in [0.1, 0.15) is 5.82 Å². The molecular formula is C16H25N3O. The second kappa shape index (κ2) is 5.98. The standard InChI is InChI=1S/C16H25N3O/c1-12(13-5-3-2-4-6-13)10-19(15-9-17-11-18-15)16(20)14-7-8-14/h9,11-14H,2-8,10H2,1H3,(H,17,18)/t12-/m1/s1. The molecule has 2 aliphatic carbocycles. The van der Waals surface area contributed by atoms with Crippen molar-refractivity contribution in [2.75, 3.05) is 11.4 Å². The number of aromatic amines is 1. The van der Waals surface area contributed by atoms with Crippen LogP contribution in [0.15, 0.2) is 12.5 Å². The van der Waals surface area contributed by atoms with Gasteiger partial charge in [0.05, 0.1) is 12.5 Å². The highest BCUT2D eigenvalue weighted by atomic mass is 16.2. The first-order valence-corrected chi connectivity index (χ1v) is 8.05. The Balaban J connectivity index is 1.67. The highest BCUT2D eigenvalue weighted by molar-refractivity contribution is 5.95. The van der Waals surface area contributed by atoms with Crippen LogP contribution >= 0.6 is 0 Å². The van der Waals surface area contributed by atoms with Gasteiger partial charge in [-0.1, -0.05) is 39.0 Å². The van der Waals surface area contributed by atoms with E-state index in [0.29, 0.717) is 5.92 Å². The fourth-order valence-corrected chi connectivity index (χ4v) is 3.39. The maximum atomic E-state index is 12.5. The number of aromatic nitrogens is 2. The molecule has 0 spiro atoms. The van der Waals surface area contributed by atoms with Crippen molar-refractivity contribution in [1.29, 1.82) is 0 Å². The van der Waals surface area contributed by atoms with Crippen LogP contribution in [0.3, 0.4) is 0 Å². The Morgan fingerprint density at radius 2 is 2.10 bits per heavy atom. The Morgan fingerprint density at radius 1 is 1.35 bits per heavy atom. The molecule has 0 unspecified atom stereocenters. The van der Waals surface area contributed by atoms with Crippen molar-refractivity contribution in [2.24, 2.45) is 17.8 Å². The van der Waals surface area contributed by atoms with E-state index in [-0.39, 0.29) is 11.8 Å². The molecule has 0 bridgehead atoms. The zero-order chi connectivity index (χ0) is 13.9. The number of anilines is 1. The summed E-state index contributed by atoms with van der Waals surface area (Å²) in [6.07, 6.45) is 12.3. The predicted molar refractivity (Wildman–Crippen MR) is 79.4 cm³/mol. The van der Waals surface area contributed by atoms with Gasteiger partial charge in [-0.2, -0.15) is 0 Å². The van der Waals surface area contributed by atoms with Crippen LogP contribution < -0.4 is 4.90 Å². The molecule has 3 rings (SSSR count). The number of H-pyrrole nitrogens is 1. The molecule has 110 valence electrons. The van der Waals surface area contributed by atoms with Crippen LogP contribution in [0.1, 0.15) is 51.9 Å². The molecule has 1 aromatic heterocycles. The van der Waals surface area contributed by atoms with Gasteiger partial charge in [0, 0.05) is 12.5 Å². The fourth-order valence-electron chi connectivity index (χ4n) is 3.39. The van der Waals surface area contributed by atoms with E-state index in [1.165, 1.54) is 32.1 Å². The van der Waals surface area contributed by atoms with Gasteiger partial charge in [0.25, 0.3) is 0 Å². The lowest BCUT2D eigenvalue weighted by Crippen LogP contribution is -2.38. The van der Waals surface area contributed by atoms with Crippen LogP contribution in [-0.2, 0) is 4.79 Å². The third-order valence-electron chi connectivity index (χ3n) is 4.89. The lowest BCUT2D eigenvalue weighted by atomic mass is 9.80. The molecule has 4 nitrogen and oxygen atoms in total. The molecule has 1 aromatic rings. The summed E-state index contributed by atoms with van der Waals surface area (Å²) in [5, 5.41) is 0. The van der Waals surface area contributed by atoms with Crippen LogP contribution in [-0.4, -0.2) is 22.4 Å². The third-order valence-corrected chi connectivity index (χ3v) is 4.89. The van der Waals surface area contributed by atoms with E-state index in [1.54, 1.807) is 12.5 Å². The van der Waals surface area contributed by atoms with Gasteiger partial charge in [-0.05, 0) is 24.7 Å². The Morgan fingerprint density at radius 3 is 2.70 bits per heavy atom. The average Bonchev–Trinajstić information content (AvgIpc) is 3.20. The highest BCUT2D eigenvalue weighted by Gasteiger charge is 2.35. The summed E-state index contributed by atoms with van der Waals surface area (Å²) in [7, 11) is 0. The van der Waals surface area contributed by atoms with Gasteiger partial charge in [0.2, 0.25) is 5.91 Å². The summed E-state index contributed by atoms with van der Waals surface area (Å²) in [6.45, 7) is 3.14. The normalized spacial score (nSPS) is 21.6. The number of hydrogen-bond acceptors (Lipinski definition) is 2. The van der Waals surface area contributed by atoms with Crippen LogP contribution in [0, 0.1) is 17.8 Å². The molecule has 2 saturated carbocycles. The van der Waals surface area contributed by atoms with E-state index in [9.17, 15) is 4.79 Å². The molecule has 0 aromatic carbocycles. The second-order valence-corrected chi connectivity index (χ2v) is 6.54. The van der Waals surface area contributed by atoms with Gasteiger partial charge in [-0.25, -0.2) is 4.98 Å². The molecule has 20 heavy (non-hydrogen) atoms. The first kappa shape index (κ1) is 13.7. The number of amides is 1. The van der Waals surface area contributed by atoms with Crippen molar-refractivity contribution in [3.8, 4) is 0 Å². The summed E-state index contributed by atoms with van der Waals surface area (Å²) in [4.78, 5) is 21.6. The largest absolute Gasteiger partial charge is 0.331 e. The number of rotatable bonds is 5. The predicted octanol–water partition coefficient (Wildman–Crippen LogP) is 3.37. The molecule has 2 fully saturated rings. The maximum absolute atomic E-state index is 12.5. The summed E-state index contributed by atoms with van der Waals surface area (Å²) in [5.41, 5.74) is 0. The summed E-state index contributed by atoms with van der Waals surface area (Å²) < 4.78 is 0. The number of carbonyl (C=O) groups excluding carboxylic acids is 1. The first-order chi connectivity index (χ1) is 9.75. The van der Waals surface area contributed by atoms with Crippen LogP contribution in [0.2, 0.25) is 0 Å². The van der Waals surface area contributed by atoms with E-state index < -0.39 is 0 Å². The first-order valence-electron chi connectivity index (χ1n) is 8.05. The number of nitrogens with one attached hydrogen (secondary N) is 1. The second-order valence-electron chi connectivity index (χ2n) is 6.54. The molecule has 1 amide bonds. The Bertz CT molecular complexity index is 433. The molecule has 1 heterocycles. The van der Waals surface area contributed by atoms with Gasteiger partial charge in [-0.3, -0.25) is 9.69 Å². The van der Waals surface area contributed by atoms with Crippen molar-refractivity contribution in [3.63, 3.8) is 0 Å². The number of carbonyl (C=O) groups is 1. The SMILES string of the molecule is C[C@H](CN(C(=O)C1CC1)c1cnc[nH]1)C1CCCCC1. The number of nitrogens with zero attached hydrogens (tertiary/aromatic N) is 2. The van der Waals surface area contributed by atoms with E-state index >= 15 is 0 Å². The third kappa shape index (κ3) is 3.05.